The SMILES string of the molecule is N#Cc1ccc(Nc2cc(C(F)(F)F)ccc2Cl)c(Br)c1. The van der Waals surface area contributed by atoms with Crippen LogP contribution in [-0.4, -0.2) is 0 Å². The van der Waals surface area contributed by atoms with E-state index in [-0.39, 0.29) is 10.7 Å². The van der Waals surface area contributed by atoms with Gasteiger partial charge in [0.1, 0.15) is 0 Å². The van der Waals surface area contributed by atoms with E-state index in [1.807, 2.05) is 6.07 Å². The Hall–Kier alpha value is -1.71. The van der Waals surface area contributed by atoms with E-state index in [0.29, 0.717) is 15.7 Å². The molecule has 0 aliphatic rings. The Kier molecular flexibility index (Phi) is 4.45. The van der Waals surface area contributed by atoms with E-state index in [1.165, 1.54) is 6.07 Å². The first kappa shape index (κ1) is 15.7. The zero-order valence-electron chi connectivity index (χ0n) is 10.3. The molecule has 0 spiro atoms. The summed E-state index contributed by atoms with van der Waals surface area (Å²) in [5.74, 6) is 0. The summed E-state index contributed by atoms with van der Waals surface area (Å²) in [6.07, 6.45) is -4.44. The van der Waals surface area contributed by atoms with Crippen LogP contribution < -0.4 is 5.32 Å². The van der Waals surface area contributed by atoms with Crippen LogP contribution in [0.3, 0.4) is 0 Å². The van der Waals surface area contributed by atoms with Gasteiger partial charge in [-0.25, -0.2) is 0 Å². The van der Waals surface area contributed by atoms with Gasteiger partial charge in [-0.3, -0.25) is 0 Å². The molecule has 2 rings (SSSR count). The van der Waals surface area contributed by atoms with Crippen LogP contribution in [0.15, 0.2) is 40.9 Å². The molecule has 1 N–H and O–H groups in total. The molecule has 2 nitrogen and oxygen atoms in total. The number of benzene rings is 2. The number of nitriles is 1. The highest BCUT2D eigenvalue weighted by Gasteiger charge is 2.31. The van der Waals surface area contributed by atoms with E-state index in [9.17, 15) is 13.2 Å². The van der Waals surface area contributed by atoms with Crippen LogP contribution in [0.5, 0.6) is 0 Å². The number of hydrogen-bond acceptors (Lipinski definition) is 2. The lowest BCUT2D eigenvalue weighted by Crippen LogP contribution is -2.05. The Balaban J connectivity index is 2.38. The molecular formula is C14H7BrClF3N2. The van der Waals surface area contributed by atoms with Gasteiger partial charge in [-0.1, -0.05) is 11.6 Å². The zero-order valence-corrected chi connectivity index (χ0v) is 12.6. The zero-order chi connectivity index (χ0) is 15.6. The van der Waals surface area contributed by atoms with Crippen LogP contribution in [-0.2, 0) is 6.18 Å². The molecule has 0 unspecified atom stereocenters. The highest BCUT2D eigenvalue weighted by atomic mass is 79.9. The Labute approximate surface area is 132 Å². The molecule has 0 bridgehead atoms. The largest absolute Gasteiger partial charge is 0.416 e. The molecular weight excluding hydrogens is 369 g/mol. The number of halogens is 5. The van der Waals surface area contributed by atoms with Gasteiger partial charge in [0.15, 0.2) is 0 Å². The summed E-state index contributed by atoms with van der Waals surface area (Å²) in [4.78, 5) is 0. The second kappa shape index (κ2) is 5.96. The van der Waals surface area contributed by atoms with E-state index in [2.05, 4.69) is 21.2 Å². The summed E-state index contributed by atoms with van der Waals surface area (Å²) in [5, 5.41) is 11.8. The summed E-state index contributed by atoms with van der Waals surface area (Å²) in [5.41, 5.74) is 0.286. The molecule has 0 aliphatic heterocycles. The fourth-order valence-electron chi connectivity index (χ4n) is 1.63. The molecule has 0 saturated carbocycles. The third-order valence-electron chi connectivity index (χ3n) is 2.66. The number of rotatable bonds is 2. The molecule has 0 amide bonds. The van der Waals surface area contributed by atoms with Crippen molar-refractivity contribution in [3.63, 3.8) is 0 Å². The van der Waals surface area contributed by atoms with Gasteiger partial charge < -0.3 is 5.32 Å². The minimum absolute atomic E-state index is 0.136. The van der Waals surface area contributed by atoms with Crippen molar-refractivity contribution in [1.82, 2.24) is 0 Å². The minimum Gasteiger partial charge on any atom is -0.353 e. The van der Waals surface area contributed by atoms with Crippen molar-refractivity contribution in [3.05, 3.63) is 57.0 Å². The molecule has 21 heavy (non-hydrogen) atoms. The quantitative estimate of drug-likeness (QED) is 0.727. The Morgan fingerprint density at radius 1 is 1.10 bits per heavy atom. The maximum atomic E-state index is 12.7. The van der Waals surface area contributed by atoms with Crippen LogP contribution in [0, 0.1) is 11.3 Å². The molecule has 0 saturated heterocycles. The first-order valence-corrected chi connectivity index (χ1v) is 6.82. The van der Waals surface area contributed by atoms with Crippen molar-refractivity contribution in [2.75, 3.05) is 5.32 Å². The lowest BCUT2D eigenvalue weighted by atomic mass is 10.1. The molecule has 2 aromatic rings. The van der Waals surface area contributed by atoms with Gasteiger partial charge in [-0.2, -0.15) is 18.4 Å². The monoisotopic (exact) mass is 374 g/mol. The predicted molar refractivity (Wildman–Crippen MR) is 78.6 cm³/mol. The van der Waals surface area contributed by atoms with Gasteiger partial charge in [-0.05, 0) is 52.3 Å². The number of hydrogen-bond donors (Lipinski definition) is 1. The molecule has 0 fully saturated rings. The van der Waals surface area contributed by atoms with Crippen molar-refractivity contribution >= 4 is 38.9 Å². The van der Waals surface area contributed by atoms with Crippen molar-refractivity contribution in [1.29, 1.82) is 5.26 Å². The van der Waals surface area contributed by atoms with E-state index < -0.39 is 11.7 Å². The molecule has 7 heteroatoms. The lowest BCUT2D eigenvalue weighted by molar-refractivity contribution is -0.137. The summed E-state index contributed by atoms with van der Waals surface area (Å²) in [7, 11) is 0. The average Bonchev–Trinajstić information content (AvgIpc) is 2.42. The topological polar surface area (TPSA) is 35.8 Å². The van der Waals surface area contributed by atoms with E-state index in [1.54, 1.807) is 18.2 Å². The van der Waals surface area contributed by atoms with Crippen LogP contribution in [0.1, 0.15) is 11.1 Å². The maximum absolute atomic E-state index is 12.7. The van der Waals surface area contributed by atoms with Gasteiger partial charge in [0.25, 0.3) is 0 Å². The third-order valence-corrected chi connectivity index (χ3v) is 3.65. The van der Waals surface area contributed by atoms with Crippen molar-refractivity contribution in [3.8, 4) is 6.07 Å². The van der Waals surface area contributed by atoms with Gasteiger partial charge in [-0.15, -0.1) is 0 Å². The summed E-state index contributed by atoms with van der Waals surface area (Å²) in [6, 6.07) is 9.70. The first-order chi connectivity index (χ1) is 9.81. The van der Waals surface area contributed by atoms with E-state index >= 15 is 0 Å². The Morgan fingerprint density at radius 3 is 2.38 bits per heavy atom. The number of nitrogens with zero attached hydrogens (tertiary/aromatic N) is 1. The molecule has 108 valence electrons. The second-order valence-electron chi connectivity index (χ2n) is 4.12. The molecule has 0 heterocycles. The van der Waals surface area contributed by atoms with Gasteiger partial charge in [0.2, 0.25) is 0 Å². The van der Waals surface area contributed by atoms with Crippen LogP contribution >= 0.6 is 27.5 Å². The summed E-state index contributed by atoms with van der Waals surface area (Å²) >= 11 is 9.16. The highest BCUT2D eigenvalue weighted by Crippen LogP contribution is 2.36. The smallest absolute Gasteiger partial charge is 0.353 e. The van der Waals surface area contributed by atoms with Crippen LogP contribution in [0.2, 0.25) is 5.02 Å². The standard InChI is InChI=1S/C14H7BrClF3N2/c15-10-5-8(7-20)1-4-12(10)21-13-6-9(14(17,18)19)2-3-11(13)16/h1-6,21H. The van der Waals surface area contributed by atoms with Gasteiger partial charge in [0.05, 0.1) is 33.6 Å². The van der Waals surface area contributed by atoms with E-state index in [4.69, 9.17) is 16.9 Å². The molecule has 0 atom stereocenters. The Morgan fingerprint density at radius 2 is 1.81 bits per heavy atom. The molecule has 0 aromatic heterocycles. The summed E-state index contributed by atoms with van der Waals surface area (Å²) in [6.45, 7) is 0. The third kappa shape index (κ3) is 3.69. The normalized spacial score (nSPS) is 11.0. The molecule has 0 aliphatic carbocycles. The minimum atomic E-state index is -4.44. The fraction of sp³-hybridized carbons (Fsp3) is 0.0714. The van der Waals surface area contributed by atoms with Crippen LogP contribution in [0.4, 0.5) is 24.5 Å². The Bertz CT molecular complexity index is 723. The number of nitrogens with one attached hydrogen (secondary N) is 1. The summed E-state index contributed by atoms with van der Waals surface area (Å²) < 4.78 is 38.7. The van der Waals surface area contributed by atoms with Gasteiger partial charge >= 0.3 is 6.18 Å². The predicted octanol–water partition coefficient (Wildman–Crippen LogP) is 5.74. The number of anilines is 2. The fourth-order valence-corrected chi connectivity index (χ4v) is 2.27. The van der Waals surface area contributed by atoms with E-state index in [0.717, 1.165) is 12.1 Å². The average molecular weight is 376 g/mol. The highest BCUT2D eigenvalue weighted by molar-refractivity contribution is 9.10. The van der Waals surface area contributed by atoms with Crippen molar-refractivity contribution < 1.29 is 13.2 Å². The first-order valence-electron chi connectivity index (χ1n) is 5.64. The molecule has 0 radical (unpaired) electrons. The van der Waals surface area contributed by atoms with Gasteiger partial charge in [0, 0.05) is 4.47 Å². The van der Waals surface area contributed by atoms with Crippen molar-refractivity contribution in [2.24, 2.45) is 0 Å². The second-order valence-corrected chi connectivity index (χ2v) is 5.39. The molecule has 2 aromatic carbocycles. The van der Waals surface area contributed by atoms with Crippen molar-refractivity contribution in [2.45, 2.75) is 6.18 Å². The number of alkyl halides is 3. The lowest BCUT2D eigenvalue weighted by Gasteiger charge is -2.13. The maximum Gasteiger partial charge on any atom is 0.416 e. The van der Waals surface area contributed by atoms with Crippen LogP contribution in [0.25, 0.3) is 0 Å².